The molecule has 0 saturated carbocycles. The van der Waals surface area contributed by atoms with Gasteiger partial charge < -0.3 is 19.5 Å². The van der Waals surface area contributed by atoms with E-state index in [1.807, 2.05) is 25.1 Å². The van der Waals surface area contributed by atoms with Crippen molar-refractivity contribution in [1.82, 2.24) is 15.5 Å². The number of H-pyrrole nitrogens is 1. The summed E-state index contributed by atoms with van der Waals surface area (Å²) in [5.41, 5.74) is 1.99. The van der Waals surface area contributed by atoms with Crippen LogP contribution < -0.4 is 14.8 Å². The zero-order valence-electron chi connectivity index (χ0n) is 13.6. The summed E-state index contributed by atoms with van der Waals surface area (Å²) in [6.45, 7) is 4.90. The summed E-state index contributed by atoms with van der Waals surface area (Å²) in [4.78, 5) is 12.4. The summed E-state index contributed by atoms with van der Waals surface area (Å²) >= 11 is 0. The van der Waals surface area contributed by atoms with Gasteiger partial charge in [-0.3, -0.25) is 9.89 Å². The molecule has 0 radical (unpaired) electrons. The standard InChI is InChI=1S/C17H21N3O4/c1-2-22-7-3-6-18-17(21)13-11-19-20-16(13)12-4-5-14-15(10-12)24-9-8-23-14/h4-5,10-11H,2-3,6-9H2,1H3,(H,18,21)(H,19,20). The van der Waals surface area contributed by atoms with Gasteiger partial charge in [-0.25, -0.2) is 0 Å². The highest BCUT2D eigenvalue weighted by atomic mass is 16.6. The summed E-state index contributed by atoms with van der Waals surface area (Å²) < 4.78 is 16.4. The van der Waals surface area contributed by atoms with E-state index in [1.165, 1.54) is 6.20 Å². The first kappa shape index (κ1) is 16.3. The summed E-state index contributed by atoms with van der Waals surface area (Å²) in [5.74, 6) is 1.23. The minimum Gasteiger partial charge on any atom is -0.486 e. The van der Waals surface area contributed by atoms with Crippen molar-refractivity contribution < 1.29 is 19.0 Å². The van der Waals surface area contributed by atoms with Crippen molar-refractivity contribution in [3.8, 4) is 22.8 Å². The van der Waals surface area contributed by atoms with E-state index in [9.17, 15) is 4.79 Å². The fourth-order valence-corrected chi connectivity index (χ4v) is 2.49. The van der Waals surface area contributed by atoms with Crippen LogP contribution >= 0.6 is 0 Å². The molecule has 0 fully saturated rings. The van der Waals surface area contributed by atoms with Crippen LogP contribution in [0, 0.1) is 0 Å². The Kier molecular flexibility index (Phi) is 5.32. The Morgan fingerprint density at radius 1 is 1.33 bits per heavy atom. The van der Waals surface area contributed by atoms with Crippen molar-refractivity contribution in [3.05, 3.63) is 30.0 Å². The molecule has 2 N–H and O–H groups in total. The Hall–Kier alpha value is -2.54. The molecule has 0 atom stereocenters. The van der Waals surface area contributed by atoms with E-state index in [0.717, 1.165) is 12.0 Å². The first-order valence-electron chi connectivity index (χ1n) is 8.09. The predicted molar refractivity (Wildman–Crippen MR) is 88.5 cm³/mol. The molecule has 1 aliphatic rings. The number of carbonyl (C=O) groups excluding carboxylic acids is 1. The number of hydrogen-bond donors (Lipinski definition) is 2. The van der Waals surface area contributed by atoms with Crippen molar-refractivity contribution in [2.45, 2.75) is 13.3 Å². The van der Waals surface area contributed by atoms with Crippen LogP contribution in [0.25, 0.3) is 11.3 Å². The van der Waals surface area contributed by atoms with E-state index in [2.05, 4.69) is 15.5 Å². The first-order chi connectivity index (χ1) is 11.8. The van der Waals surface area contributed by atoms with E-state index in [-0.39, 0.29) is 5.91 Å². The molecule has 0 saturated heterocycles. The second-order valence-corrected chi connectivity index (χ2v) is 5.32. The maximum Gasteiger partial charge on any atom is 0.255 e. The molecule has 7 nitrogen and oxygen atoms in total. The highest BCUT2D eigenvalue weighted by Crippen LogP contribution is 2.34. The van der Waals surface area contributed by atoms with Crippen molar-refractivity contribution in [1.29, 1.82) is 0 Å². The number of ether oxygens (including phenoxy) is 3. The number of fused-ring (bicyclic) bond motifs is 1. The van der Waals surface area contributed by atoms with E-state index in [4.69, 9.17) is 14.2 Å². The Bertz CT molecular complexity index is 699. The number of hydrogen-bond acceptors (Lipinski definition) is 5. The predicted octanol–water partition coefficient (Wildman–Crippen LogP) is 2.00. The minimum absolute atomic E-state index is 0.162. The van der Waals surface area contributed by atoms with Crippen LogP contribution in [0.4, 0.5) is 0 Å². The van der Waals surface area contributed by atoms with Gasteiger partial charge >= 0.3 is 0 Å². The summed E-state index contributed by atoms with van der Waals surface area (Å²) in [6, 6.07) is 5.58. The van der Waals surface area contributed by atoms with Gasteiger partial charge in [-0.05, 0) is 31.5 Å². The van der Waals surface area contributed by atoms with Gasteiger partial charge in [-0.15, -0.1) is 0 Å². The third-order valence-electron chi connectivity index (χ3n) is 3.67. The van der Waals surface area contributed by atoms with Crippen LogP contribution in [0.1, 0.15) is 23.7 Å². The molecular formula is C17H21N3O4. The van der Waals surface area contributed by atoms with Crippen molar-refractivity contribution in [2.24, 2.45) is 0 Å². The third-order valence-corrected chi connectivity index (χ3v) is 3.67. The molecule has 0 aliphatic carbocycles. The lowest BCUT2D eigenvalue weighted by Gasteiger charge is -2.18. The largest absolute Gasteiger partial charge is 0.486 e. The molecule has 128 valence electrons. The maximum absolute atomic E-state index is 12.4. The zero-order chi connectivity index (χ0) is 16.8. The molecule has 1 aliphatic heterocycles. The van der Waals surface area contributed by atoms with Crippen molar-refractivity contribution >= 4 is 5.91 Å². The average molecular weight is 331 g/mol. The van der Waals surface area contributed by atoms with Crippen molar-refractivity contribution in [2.75, 3.05) is 33.0 Å². The lowest BCUT2D eigenvalue weighted by atomic mass is 10.1. The Morgan fingerprint density at radius 2 is 2.17 bits per heavy atom. The number of rotatable bonds is 7. The molecule has 24 heavy (non-hydrogen) atoms. The Morgan fingerprint density at radius 3 is 3.00 bits per heavy atom. The van der Waals surface area contributed by atoms with Gasteiger partial charge in [0.15, 0.2) is 11.5 Å². The van der Waals surface area contributed by atoms with Gasteiger partial charge in [0.25, 0.3) is 5.91 Å². The number of aromatic nitrogens is 2. The quantitative estimate of drug-likeness (QED) is 0.758. The van der Waals surface area contributed by atoms with Gasteiger partial charge in [0.2, 0.25) is 0 Å². The topological polar surface area (TPSA) is 85.5 Å². The number of benzene rings is 1. The Labute approximate surface area is 140 Å². The van der Waals surface area contributed by atoms with Crippen LogP contribution in [0.3, 0.4) is 0 Å². The molecule has 3 rings (SSSR count). The van der Waals surface area contributed by atoms with Gasteiger partial charge in [-0.2, -0.15) is 5.10 Å². The lowest BCUT2D eigenvalue weighted by molar-refractivity contribution is 0.0945. The zero-order valence-corrected chi connectivity index (χ0v) is 13.6. The molecule has 1 aromatic carbocycles. The van der Waals surface area contributed by atoms with Gasteiger partial charge in [0.05, 0.1) is 17.5 Å². The number of nitrogens with one attached hydrogen (secondary N) is 2. The molecule has 0 unspecified atom stereocenters. The minimum atomic E-state index is -0.162. The number of amides is 1. The molecule has 0 bridgehead atoms. The van der Waals surface area contributed by atoms with Crippen LogP contribution in [-0.2, 0) is 4.74 Å². The lowest BCUT2D eigenvalue weighted by Crippen LogP contribution is -2.25. The molecule has 0 spiro atoms. The Balaban J connectivity index is 1.69. The summed E-state index contributed by atoms with van der Waals surface area (Å²) in [7, 11) is 0. The highest BCUT2D eigenvalue weighted by Gasteiger charge is 2.18. The monoisotopic (exact) mass is 331 g/mol. The fourth-order valence-electron chi connectivity index (χ4n) is 2.49. The van der Waals surface area contributed by atoms with Gasteiger partial charge in [0, 0.05) is 25.3 Å². The second kappa shape index (κ2) is 7.83. The van der Waals surface area contributed by atoms with Gasteiger partial charge in [0.1, 0.15) is 13.2 Å². The molecule has 1 amide bonds. The second-order valence-electron chi connectivity index (χ2n) is 5.32. The van der Waals surface area contributed by atoms with Gasteiger partial charge in [-0.1, -0.05) is 0 Å². The number of nitrogens with zero attached hydrogens (tertiary/aromatic N) is 1. The maximum atomic E-state index is 12.4. The van der Waals surface area contributed by atoms with Crippen LogP contribution in [0.2, 0.25) is 0 Å². The van der Waals surface area contributed by atoms with Crippen LogP contribution in [-0.4, -0.2) is 49.1 Å². The molecule has 2 aromatic rings. The third kappa shape index (κ3) is 3.68. The van der Waals surface area contributed by atoms with Crippen molar-refractivity contribution in [3.63, 3.8) is 0 Å². The summed E-state index contributed by atoms with van der Waals surface area (Å²) in [5, 5.41) is 9.78. The molecular weight excluding hydrogens is 310 g/mol. The molecule has 7 heteroatoms. The van der Waals surface area contributed by atoms with E-state index in [0.29, 0.717) is 55.7 Å². The van der Waals surface area contributed by atoms with E-state index in [1.54, 1.807) is 0 Å². The van der Waals surface area contributed by atoms with Crippen LogP contribution in [0.5, 0.6) is 11.5 Å². The normalized spacial score (nSPS) is 12.9. The average Bonchev–Trinajstić information content (AvgIpc) is 3.11. The van der Waals surface area contributed by atoms with E-state index < -0.39 is 0 Å². The summed E-state index contributed by atoms with van der Waals surface area (Å²) in [6.07, 6.45) is 2.31. The number of carbonyl (C=O) groups is 1. The highest BCUT2D eigenvalue weighted by molar-refractivity contribution is 5.99. The first-order valence-corrected chi connectivity index (χ1v) is 8.09. The molecule has 2 heterocycles. The SMILES string of the molecule is CCOCCCNC(=O)c1cn[nH]c1-c1ccc2c(c1)OCCO2. The molecule has 1 aromatic heterocycles. The van der Waals surface area contributed by atoms with Crippen LogP contribution in [0.15, 0.2) is 24.4 Å². The number of aromatic amines is 1. The van der Waals surface area contributed by atoms with E-state index >= 15 is 0 Å². The smallest absolute Gasteiger partial charge is 0.255 e. The fraction of sp³-hybridized carbons (Fsp3) is 0.412.